The van der Waals surface area contributed by atoms with Gasteiger partial charge in [0.1, 0.15) is 0 Å². The monoisotopic (exact) mass is 406 g/mol. The van der Waals surface area contributed by atoms with Gasteiger partial charge in [0.2, 0.25) is 0 Å². The number of hydrazone groups is 1. The zero-order chi connectivity index (χ0) is 20.6. The van der Waals surface area contributed by atoms with Crippen molar-refractivity contribution in [1.29, 1.82) is 0 Å². The van der Waals surface area contributed by atoms with Gasteiger partial charge in [0.25, 0.3) is 10.0 Å². The van der Waals surface area contributed by atoms with E-state index in [2.05, 4.69) is 9.93 Å². The molecule has 2 N–H and O–H groups in total. The van der Waals surface area contributed by atoms with Crippen molar-refractivity contribution in [3.63, 3.8) is 0 Å². The van der Waals surface area contributed by atoms with Crippen molar-refractivity contribution >= 4 is 22.2 Å². The summed E-state index contributed by atoms with van der Waals surface area (Å²) >= 11 is 0. The first kappa shape index (κ1) is 21.2. The van der Waals surface area contributed by atoms with E-state index < -0.39 is 16.0 Å². The molecule has 2 aromatic carbocycles. The Morgan fingerprint density at radius 1 is 1.18 bits per heavy atom. The molecule has 0 aliphatic rings. The molecule has 0 saturated heterocycles. The molecule has 0 atom stereocenters. The van der Waals surface area contributed by atoms with E-state index in [1.807, 2.05) is 6.92 Å². The highest BCUT2D eigenvalue weighted by Crippen LogP contribution is 2.27. The molecule has 0 heterocycles. The first-order chi connectivity index (χ1) is 13.3. The van der Waals surface area contributed by atoms with E-state index in [-0.39, 0.29) is 17.9 Å². The highest BCUT2D eigenvalue weighted by atomic mass is 32.2. The van der Waals surface area contributed by atoms with Crippen molar-refractivity contribution in [2.24, 2.45) is 5.10 Å². The number of benzene rings is 2. The Kier molecular flexibility index (Phi) is 7.39. The van der Waals surface area contributed by atoms with Crippen LogP contribution in [0.4, 0.5) is 0 Å². The number of carboxylic acid groups (broad SMARTS) is 1. The summed E-state index contributed by atoms with van der Waals surface area (Å²) in [5, 5.41) is 12.4. The maximum Gasteiger partial charge on any atom is 0.303 e. The Balaban J connectivity index is 2.01. The number of nitrogens with one attached hydrogen (secondary N) is 1. The summed E-state index contributed by atoms with van der Waals surface area (Å²) in [5.74, 6) is 0.0150. The zero-order valence-electron chi connectivity index (χ0n) is 15.6. The van der Waals surface area contributed by atoms with Crippen LogP contribution in [0.1, 0.15) is 24.0 Å². The first-order valence-electron chi connectivity index (χ1n) is 8.46. The van der Waals surface area contributed by atoms with Crippen LogP contribution in [0.25, 0.3) is 0 Å². The molecule has 0 fully saturated rings. The number of rotatable bonds is 10. The lowest BCUT2D eigenvalue weighted by Gasteiger charge is -2.10. The summed E-state index contributed by atoms with van der Waals surface area (Å²) in [4.78, 5) is 12.8. The number of sulfonamides is 1. The molecule has 0 amide bonds. The van der Waals surface area contributed by atoms with Crippen molar-refractivity contribution < 1.29 is 27.8 Å². The summed E-state index contributed by atoms with van der Waals surface area (Å²) in [6, 6.07) is 11.4. The third kappa shape index (κ3) is 6.27. The smallest absolute Gasteiger partial charge is 0.303 e. The Morgan fingerprint density at radius 2 is 1.89 bits per heavy atom. The number of carboxylic acids is 1. The predicted octanol–water partition coefficient (Wildman–Crippen LogP) is 2.56. The molecule has 2 rings (SSSR count). The molecule has 0 aliphatic heterocycles. The molecule has 9 heteroatoms. The molecule has 28 heavy (non-hydrogen) atoms. The topological polar surface area (TPSA) is 114 Å². The summed E-state index contributed by atoms with van der Waals surface area (Å²) in [6.45, 7) is 2.11. The molecule has 0 bridgehead atoms. The van der Waals surface area contributed by atoms with E-state index in [0.717, 1.165) is 5.56 Å². The predicted molar refractivity (Wildman–Crippen MR) is 104 cm³/mol. The number of hydrogen-bond acceptors (Lipinski definition) is 6. The lowest BCUT2D eigenvalue weighted by Crippen LogP contribution is -2.18. The van der Waals surface area contributed by atoms with Crippen LogP contribution < -0.4 is 14.3 Å². The van der Waals surface area contributed by atoms with Crippen LogP contribution in [0, 0.1) is 6.92 Å². The lowest BCUT2D eigenvalue weighted by atomic mass is 10.2. The van der Waals surface area contributed by atoms with Crippen LogP contribution in [-0.2, 0) is 14.8 Å². The van der Waals surface area contributed by atoms with Gasteiger partial charge in [-0.1, -0.05) is 17.7 Å². The Hall–Kier alpha value is -3.07. The fourth-order valence-electron chi connectivity index (χ4n) is 2.23. The maximum absolute atomic E-state index is 12.2. The lowest BCUT2D eigenvalue weighted by molar-refractivity contribution is -0.137. The molecule has 150 valence electrons. The number of ether oxygens (including phenoxy) is 2. The number of aryl methyl sites for hydroxylation is 1. The molecule has 0 saturated carbocycles. The van der Waals surface area contributed by atoms with Crippen molar-refractivity contribution in [1.82, 2.24) is 4.83 Å². The molecule has 8 nitrogen and oxygen atoms in total. The molecule has 0 radical (unpaired) electrons. The van der Waals surface area contributed by atoms with Crippen LogP contribution in [0.3, 0.4) is 0 Å². The van der Waals surface area contributed by atoms with E-state index in [4.69, 9.17) is 14.6 Å². The molecule has 0 aromatic heterocycles. The summed E-state index contributed by atoms with van der Waals surface area (Å²) in [6.07, 6.45) is 1.75. The molecule has 0 aliphatic carbocycles. The minimum Gasteiger partial charge on any atom is -0.493 e. The normalized spacial score (nSPS) is 11.4. The fraction of sp³-hybridized carbons (Fsp3) is 0.263. The molecule has 0 unspecified atom stereocenters. The summed E-state index contributed by atoms with van der Waals surface area (Å²) in [7, 11) is -2.27. The second kappa shape index (κ2) is 9.75. The van der Waals surface area contributed by atoms with Crippen molar-refractivity contribution in [3.05, 3.63) is 53.6 Å². The molecule has 0 spiro atoms. The number of methoxy groups -OCH3 is 1. The van der Waals surface area contributed by atoms with Crippen LogP contribution in [0.2, 0.25) is 0 Å². The number of hydrogen-bond donors (Lipinski definition) is 2. The maximum atomic E-state index is 12.2. The molecular weight excluding hydrogens is 384 g/mol. The minimum absolute atomic E-state index is 0.0220. The van der Waals surface area contributed by atoms with Crippen molar-refractivity contribution in [3.8, 4) is 11.5 Å². The molecular formula is C19H22N2O6S. The van der Waals surface area contributed by atoms with Gasteiger partial charge >= 0.3 is 5.97 Å². The highest BCUT2D eigenvalue weighted by Gasteiger charge is 2.12. The molecule has 2 aromatic rings. The second-order valence-corrected chi connectivity index (χ2v) is 7.58. The van der Waals surface area contributed by atoms with E-state index in [9.17, 15) is 13.2 Å². The van der Waals surface area contributed by atoms with Gasteiger partial charge in [-0.2, -0.15) is 13.5 Å². The average Bonchev–Trinajstić information content (AvgIpc) is 2.66. The standard InChI is InChI=1S/C19H22N2O6S/c1-14-5-8-16(9-6-14)28(24,25)21-20-13-15-7-10-17(18(12-15)26-2)27-11-3-4-19(22)23/h5-10,12-13,21H,3-4,11H2,1-2H3,(H,22,23)/b20-13-. The Morgan fingerprint density at radius 3 is 2.54 bits per heavy atom. The van der Waals surface area contributed by atoms with Gasteiger partial charge in [-0.15, -0.1) is 0 Å². The van der Waals surface area contributed by atoms with E-state index in [1.165, 1.54) is 25.5 Å². The van der Waals surface area contributed by atoms with Gasteiger partial charge in [-0.05, 0) is 49.2 Å². The van der Waals surface area contributed by atoms with Crippen LogP contribution in [0.5, 0.6) is 11.5 Å². The van der Waals surface area contributed by atoms with Gasteiger partial charge in [0.05, 0.1) is 24.8 Å². The first-order valence-corrected chi connectivity index (χ1v) is 9.94. The number of nitrogens with zero attached hydrogens (tertiary/aromatic N) is 1. The number of aliphatic carboxylic acids is 1. The van der Waals surface area contributed by atoms with Gasteiger partial charge in [-0.25, -0.2) is 4.83 Å². The largest absolute Gasteiger partial charge is 0.493 e. The van der Waals surface area contributed by atoms with E-state index in [0.29, 0.717) is 23.5 Å². The minimum atomic E-state index is -3.74. The van der Waals surface area contributed by atoms with Crippen molar-refractivity contribution in [2.75, 3.05) is 13.7 Å². The van der Waals surface area contributed by atoms with Crippen LogP contribution in [0.15, 0.2) is 52.5 Å². The third-order valence-corrected chi connectivity index (χ3v) is 4.94. The van der Waals surface area contributed by atoms with Crippen LogP contribution in [-0.4, -0.2) is 39.4 Å². The van der Waals surface area contributed by atoms with E-state index in [1.54, 1.807) is 30.3 Å². The Labute approximate surface area is 163 Å². The fourth-order valence-corrected chi connectivity index (χ4v) is 3.02. The van der Waals surface area contributed by atoms with Crippen LogP contribution >= 0.6 is 0 Å². The van der Waals surface area contributed by atoms with Gasteiger partial charge in [0.15, 0.2) is 11.5 Å². The highest BCUT2D eigenvalue weighted by molar-refractivity contribution is 7.89. The van der Waals surface area contributed by atoms with Gasteiger partial charge in [-0.3, -0.25) is 4.79 Å². The second-order valence-electron chi connectivity index (χ2n) is 5.92. The van der Waals surface area contributed by atoms with Crippen molar-refractivity contribution in [2.45, 2.75) is 24.7 Å². The quantitative estimate of drug-likeness (QED) is 0.356. The average molecular weight is 406 g/mol. The number of carbonyl (C=O) groups is 1. The van der Waals surface area contributed by atoms with Gasteiger partial charge in [0, 0.05) is 6.42 Å². The Bertz CT molecular complexity index is 939. The summed E-state index contributed by atoms with van der Waals surface area (Å²) < 4.78 is 35.2. The van der Waals surface area contributed by atoms with Gasteiger partial charge < -0.3 is 14.6 Å². The third-order valence-electron chi connectivity index (χ3n) is 3.70. The SMILES string of the molecule is COc1cc(/C=N\NS(=O)(=O)c2ccc(C)cc2)ccc1OCCCC(=O)O. The summed E-state index contributed by atoms with van der Waals surface area (Å²) in [5.41, 5.74) is 1.56. The van der Waals surface area contributed by atoms with E-state index >= 15 is 0 Å². The zero-order valence-corrected chi connectivity index (χ0v) is 16.4.